The van der Waals surface area contributed by atoms with Crippen molar-refractivity contribution in [2.45, 2.75) is 69.3 Å². The third kappa shape index (κ3) is 4.06. The Labute approximate surface area is 155 Å². The maximum atomic E-state index is 12.4. The molecule has 1 amide bonds. The van der Waals surface area contributed by atoms with E-state index in [2.05, 4.69) is 15.2 Å². The first-order valence-electron chi connectivity index (χ1n) is 10.1. The first-order chi connectivity index (χ1) is 12.1. The normalized spacial score (nSPS) is 38.4. The van der Waals surface area contributed by atoms with Gasteiger partial charge in [-0.3, -0.25) is 4.79 Å². The van der Waals surface area contributed by atoms with E-state index in [1.165, 1.54) is 69.8 Å². The summed E-state index contributed by atoms with van der Waals surface area (Å²) in [6, 6.07) is 0.513. The SMILES string of the molecule is CC1(OCCCN2CCCCC2)SC(NC2CC3CCC2C3)=NC1=O. The lowest BCUT2D eigenvalue weighted by Gasteiger charge is -2.27. The highest BCUT2D eigenvalue weighted by Gasteiger charge is 2.45. The van der Waals surface area contributed by atoms with Crippen molar-refractivity contribution in [3.8, 4) is 0 Å². The van der Waals surface area contributed by atoms with Crippen LogP contribution in [-0.2, 0) is 9.53 Å². The lowest BCUT2D eigenvalue weighted by atomic mass is 9.96. The second kappa shape index (κ2) is 7.57. The average Bonchev–Trinajstić information content (AvgIpc) is 3.29. The Bertz CT molecular complexity index is 535. The first kappa shape index (κ1) is 17.8. The van der Waals surface area contributed by atoms with E-state index in [0.717, 1.165) is 30.0 Å². The van der Waals surface area contributed by atoms with Gasteiger partial charge in [0.2, 0.25) is 0 Å². The van der Waals surface area contributed by atoms with E-state index in [1.807, 2.05) is 6.92 Å². The first-order valence-corrected chi connectivity index (χ1v) is 10.9. The van der Waals surface area contributed by atoms with Crippen LogP contribution in [0.4, 0.5) is 0 Å². The number of carbonyl (C=O) groups is 1. The van der Waals surface area contributed by atoms with Crippen molar-refractivity contribution >= 4 is 22.8 Å². The summed E-state index contributed by atoms with van der Waals surface area (Å²) in [5.74, 6) is 1.53. The zero-order valence-corrected chi connectivity index (χ0v) is 16.2. The van der Waals surface area contributed by atoms with Gasteiger partial charge in [0, 0.05) is 12.6 Å². The average molecular weight is 366 g/mol. The molecule has 2 aliphatic carbocycles. The van der Waals surface area contributed by atoms with Crippen LogP contribution in [0.1, 0.15) is 58.3 Å². The fourth-order valence-corrected chi connectivity index (χ4v) is 5.90. The summed E-state index contributed by atoms with van der Waals surface area (Å²) < 4.78 is 5.98. The molecule has 4 rings (SSSR count). The Balaban J connectivity index is 1.20. The fraction of sp³-hybridized carbons (Fsp3) is 0.895. The molecule has 2 heterocycles. The van der Waals surface area contributed by atoms with Gasteiger partial charge in [0.15, 0.2) is 10.1 Å². The molecule has 5 nitrogen and oxygen atoms in total. The van der Waals surface area contributed by atoms with E-state index in [1.54, 1.807) is 0 Å². The van der Waals surface area contributed by atoms with Gasteiger partial charge in [0.25, 0.3) is 5.91 Å². The molecule has 4 aliphatic rings. The van der Waals surface area contributed by atoms with Crippen LogP contribution >= 0.6 is 11.8 Å². The van der Waals surface area contributed by atoms with Crippen LogP contribution in [0.15, 0.2) is 4.99 Å². The number of amides is 1. The van der Waals surface area contributed by atoms with Gasteiger partial charge >= 0.3 is 0 Å². The highest BCUT2D eigenvalue weighted by atomic mass is 32.2. The molecular weight excluding hydrogens is 334 g/mol. The summed E-state index contributed by atoms with van der Waals surface area (Å²) >= 11 is 1.47. The monoisotopic (exact) mass is 365 g/mol. The molecule has 2 saturated carbocycles. The number of piperidine rings is 1. The van der Waals surface area contributed by atoms with Gasteiger partial charge in [-0.25, -0.2) is 0 Å². The fourth-order valence-electron chi connectivity index (χ4n) is 4.92. The minimum absolute atomic E-state index is 0.138. The number of thioether (sulfide) groups is 1. The van der Waals surface area contributed by atoms with E-state index in [4.69, 9.17) is 4.74 Å². The number of hydrogen-bond acceptors (Lipinski definition) is 5. The van der Waals surface area contributed by atoms with E-state index < -0.39 is 4.93 Å². The predicted octanol–water partition coefficient (Wildman–Crippen LogP) is 3.00. The quantitative estimate of drug-likeness (QED) is 0.734. The van der Waals surface area contributed by atoms with Crippen molar-refractivity contribution in [3.05, 3.63) is 0 Å². The van der Waals surface area contributed by atoms with E-state index in [-0.39, 0.29) is 5.91 Å². The van der Waals surface area contributed by atoms with E-state index in [0.29, 0.717) is 12.6 Å². The molecule has 3 fully saturated rings. The van der Waals surface area contributed by atoms with Gasteiger partial charge in [-0.2, -0.15) is 4.99 Å². The number of hydrogen-bond donors (Lipinski definition) is 1. The molecule has 2 bridgehead atoms. The smallest absolute Gasteiger partial charge is 0.290 e. The van der Waals surface area contributed by atoms with Crippen molar-refractivity contribution < 1.29 is 9.53 Å². The minimum atomic E-state index is -0.831. The van der Waals surface area contributed by atoms with E-state index in [9.17, 15) is 4.79 Å². The molecule has 2 aliphatic heterocycles. The van der Waals surface area contributed by atoms with Crippen molar-refractivity contribution in [2.75, 3.05) is 26.2 Å². The molecule has 0 radical (unpaired) electrons. The molecule has 4 atom stereocenters. The van der Waals surface area contributed by atoms with Crippen molar-refractivity contribution in [2.24, 2.45) is 16.8 Å². The number of likely N-dealkylation sites (tertiary alicyclic amines) is 1. The van der Waals surface area contributed by atoms with Gasteiger partial charge in [-0.05, 0) is 82.1 Å². The molecule has 0 aromatic rings. The van der Waals surface area contributed by atoms with Gasteiger partial charge in [0.1, 0.15) is 0 Å². The zero-order chi connectivity index (χ0) is 17.3. The van der Waals surface area contributed by atoms with Crippen LogP contribution in [0.2, 0.25) is 0 Å². The summed E-state index contributed by atoms with van der Waals surface area (Å²) in [6.45, 7) is 6.01. The Morgan fingerprint density at radius 3 is 2.84 bits per heavy atom. The molecule has 1 saturated heterocycles. The van der Waals surface area contributed by atoms with Crippen LogP contribution in [0.5, 0.6) is 0 Å². The van der Waals surface area contributed by atoms with Crippen molar-refractivity contribution in [3.63, 3.8) is 0 Å². The lowest BCUT2D eigenvalue weighted by molar-refractivity contribution is -0.130. The van der Waals surface area contributed by atoms with Crippen molar-refractivity contribution in [1.29, 1.82) is 0 Å². The molecule has 0 aromatic heterocycles. The Morgan fingerprint density at radius 1 is 1.28 bits per heavy atom. The molecule has 6 heteroatoms. The number of nitrogens with zero attached hydrogens (tertiary/aromatic N) is 2. The lowest BCUT2D eigenvalue weighted by Crippen LogP contribution is -2.38. The molecule has 1 N–H and O–H groups in total. The largest absolute Gasteiger partial charge is 0.361 e. The van der Waals surface area contributed by atoms with Gasteiger partial charge in [-0.15, -0.1) is 0 Å². The third-order valence-electron chi connectivity index (χ3n) is 6.37. The third-order valence-corrected chi connectivity index (χ3v) is 7.46. The van der Waals surface area contributed by atoms with Crippen LogP contribution < -0.4 is 5.32 Å². The van der Waals surface area contributed by atoms with Crippen molar-refractivity contribution in [1.82, 2.24) is 10.2 Å². The summed E-state index contributed by atoms with van der Waals surface area (Å²) in [6.07, 6.45) is 10.3. The van der Waals surface area contributed by atoms with Crippen LogP contribution in [0.3, 0.4) is 0 Å². The topological polar surface area (TPSA) is 53.9 Å². The van der Waals surface area contributed by atoms with Crippen LogP contribution in [-0.4, -0.2) is 53.2 Å². The highest BCUT2D eigenvalue weighted by Crippen LogP contribution is 2.45. The predicted molar refractivity (Wildman–Crippen MR) is 102 cm³/mol. The number of aliphatic imine (C=N–C) groups is 1. The Morgan fingerprint density at radius 2 is 2.12 bits per heavy atom. The van der Waals surface area contributed by atoms with Gasteiger partial charge < -0.3 is 15.0 Å². The zero-order valence-electron chi connectivity index (χ0n) is 15.3. The van der Waals surface area contributed by atoms with Crippen LogP contribution in [0.25, 0.3) is 0 Å². The number of amidine groups is 1. The molecule has 4 unspecified atom stereocenters. The number of rotatable bonds is 6. The summed E-state index contributed by atoms with van der Waals surface area (Å²) in [4.78, 5) is 18.3. The summed E-state index contributed by atoms with van der Waals surface area (Å²) in [7, 11) is 0. The maximum Gasteiger partial charge on any atom is 0.290 e. The maximum absolute atomic E-state index is 12.4. The highest BCUT2D eigenvalue weighted by molar-refractivity contribution is 8.16. The number of nitrogens with one attached hydrogen (secondary N) is 1. The summed E-state index contributed by atoms with van der Waals surface area (Å²) in [5, 5.41) is 4.32. The number of fused-ring (bicyclic) bond motifs is 2. The Hall–Kier alpha value is -0.590. The molecular formula is C19H31N3O2S. The van der Waals surface area contributed by atoms with Gasteiger partial charge in [0.05, 0.1) is 6.61 Å². The van der Waals surface area contributed by atoms with Crippen LogP contribution in [0, 0.1) is 11.8 Å². The molecule has 0 spiro atoms. The summed E-state index contributed by atoms with van der Waals surface area (Å²) in [5.41, 5.74) is 0. The molecule has 140 valence electrons. The molecule has 0 aromatic carbocycles. The minimum Gasteiger partial charge on any atom is -0.361 e. The second-order valence-electron chi connectivity index (χ2n) is 8.30. The van der Waals surface area contributed by atoms with E-state index >= 15 is 0 Å². The second-order valence-corrected chi connectivity index (χ2v) is 9.67. The standard InChI is InChI=1S/C19H31N3O2S/c1-19(24-11-5-10-22-8-3-2-4-9-22)17(23)21-18(25-19)20-16-13-14-6-7-15(16)12-14/h14-16H,2-13H2,1H3,(H,20,21,23). The van der Waals surface area contributed by atoms with Gasteiger partial charge in [-0.1, -0.05) is 12.8 Å². The number of ether oxygens (including phenoxy) is 1. The Kier molecular flexibility index (Phi) is 5.39. The number of carbonyl (C=O) groups excluding carboxylic acids is 1. The molecule has 25 heavy (non-hydrogen) atoms.